The second-order valence-corrected chi connectivity index (χ2v) is 7.52. The molecule has 3 heteroatoms. The molecule has 0 radical (unpaired) electrons. The van der Waals surface area contributed by atoms with E-state index in [1.807, 2.05) is 30.3 Å². The highest BCUT2D eigenvalue weighted by Crippen LogP contribution is 2.34. The van der Waals surface area contributed by atoms with Crippen LogP contribution in [0.5, 0.6) is 0 Å². The van der Waals surface area contributed by atoms with Crippen LogP contribution in [0.4, 0.5) is 22.7 Å². The van der Waals surface area contributed by atoms with E-state index in [-0.39, 0.29) is 0 Å². The Labute approximate surface area is 179 Å². The molecule has 0 heterocycles. The molecule has 0 bridgehead atoms. The van der Waals surface area contributed by atoms with Crippen molar-refractivity contribution in [2.24, 2.45) is 0 Å². The molecule has 0 amide bonds. The maximum atomic E-state index is 3.28. The molecule has 0 unspecified atom stereocenters. The third-order valence-corrected chi connectivity index (χ3v) is 5.08. The summed E-state index contributed by atoms with van der Waals surface area (Å²) in [5, 5.41) is 0. The van der Waals surface area contributed by atoms with Crippen LogP contribution >= 0.6 is 0 Å². The Kier molecular flexibility index (Phi) is 6.11. The lowest BCUT2D eigenvalue weighted by atomic mass is 10.1. The summed E-state index contributed by atoms with van der Waals surface area (Å²) in [6.45, 7) is 4.97. The van der Waals surface area contributed by atoms with Crippen LogP contribution in [0, 0.1) is 13.8 Å². The molecule has 4 aromatic rings. The molecule has 4 aromatic carbocycles. The van der Waals surface area contributed by atoms with Gasteiger partial charge in [0.2, 0.25) is 0 Å². The molecule has 3 nitrogen and oxygen atoms in total. The number of nitrogens with zero attached hydrogens (tertiary/aromatic N) is 1. The molecular formula is C27H27N3. The van der Waals surface area contributed by atoms with Crippen LogP contribution < -0.4 is 15.8 Å². The number of aryl methyl sites for hydroxylation is 2. The van der Waals surface area contributed by atoms with Crippen molar-refractivity contribution in [3.05, 3.63) is 120 Å². The van der Waals surface area contributed by atoms with E-state index >= 15 is 0 Å². The average Bonchev–Trinajstić information content (AvgIpc) is 2.78. The zero-order valence-corrected chi connectivity index (χ0v) is 17.5. The van der Waals surface area contributed by atoms with Gasteiger partial charge >= 0.3 is 0 Å². The van der Waals surface area contributed by atoms with Gasteiger partial charge in [-0.15, -0.1) is 0 Å². The van der Waals surface area contributed by atoms with Crippen molar-refractivity contribution < 1.29 is 0 Å². The zero-order valence-electron chi connectivity index (χ0n) is 17.5. The fourth-order valence-electron chi connectivity index (χ4n) is 3.37. The first-order valence-corrected chi connectivity index (χ1v) is 10.3. The van der Waals surface area contributed by atoms with Gasteiger partial charge in [-0.1, -0.05) is 65.7 Å². The fraction of sp³-hybridized carbons (Fsp3) is 0.111. The molecule has 30 heavy (non-hydrogen) atoms. The SMILES string of the molecule is Cc1ccc(N(c2ccc(C)cc2)c2ccc(CNNc3ccccc3)cc2)cc1. The van der Waals surface area contributed by atoms with Gasteiger partial charge in [-0.05, 0) is 67.9 Å². The molecule has 4 rings (SSSR count). The number of hydrogen-bond donors (Lipinski definition) is 2. The van der Waals surface area contributed by atoms with Crippen molar-refractivity contribution in [2.45, 2.75) is 20.4 Å². The van der Waals surface area contributed by atoms with Crippen LogP contribution in [-0.2, 0) is 6.54 Å². The molecule has 0 spiro atoms. The second kappa shape index (κ2) is 9.29. The van der Waals surface area contributed by atoms with E-state index in [9.17, 15) is 0 Å². The van der Waals surface area contributed by atoms with E-state index in [1.165, 1.54) is 16.7 Å². The van der Waals surface area contributed by atoms with Gasteiger partial charge in [0.25, 0.3) is 0 Å². The van der Waals surface area contributed by atoms with Crippen molar-refractivity contribution in [1.29, 1.82) is 0 Å². The van der Waals surface area contributed by atoms with Crippen LogP contribution in [0.2, 0.25) is 0 Å². The molecule has 0 aliphatic carbocycles. The Morgan fingerprint density at radius 2 is 1.03 bits per heavy atom. The normalized spacial score (nSPS) is 10.6. The van der Waals surface area contributed by atoms with Crippen molar-refractivity contribution in [1.82, 2.24) is 5.43 Å². The van der Waals surface area contributed by atoms with Crippen molar-refractivity contribution in [2.75, 3.05) is 10.3 Å². The van der Waals surface area contributed by atoms with Crippen molar-refractivity contribution in [3.63, 3.8) is 0 Å². The summed E-state index contributed by atoms with van der Waals surface area (Å²) < 4.78 is 0. The zero-order chi connectivity index (χ0) is 20.8. The monoisotopic (exact) mass is 393 g/mol. The maximum absolute atomic E-state index is 3.28. The standard InChI is InChI=1S/C27H27N3/c1-21-8-14-25(15-9-21)30(26-16-10-22(2)11-17-26)27-18-12-23(13-19-27)20-28-29-24-6-4-3-5-7-24/h3-19,28-29H,20H2,1-2H3. The Morgan fingerprint density at radius 3 is 1.53 bits per heavy atom. The van der Waals surface area contributed by atoms with E-state index in [1.54, 1.807) is 0 Å². The summed E-state index contributed by atoms with van der Waals surface area (Å²) in [5.41, 5.74) is 14.8. The predicted molar refractivity (Wildman–Crippen MR) is 128 cm³/mol. The molecule has 0 aromatic heterocycles. The third kappa shape index (κ3) is 4.88. The lowest BCUT2D eigenvalue weighted by Gasteiger charge is -2.26. The molecule has 2 N–H and O–H groups in total. The topological polar surface area (TPSA) is 27.3 Å². The maximum Gasteiger partial charge on any atom is 0.0487 e. The van der Waals surface area contributed by atoms with E-state index in [0.717, 1.165) is 29.3 Å². The van der Waals surface area contributed by atoms with Gasteiger partial charge in [-0.25, -0.2) is 5.43 Å². The summed E-state index contributed by atoms with van der Waals surface area (Å²) in [6.07, 6.45) is 0. The van der Waals surface area contributed by atoms with Gasteiger partial charge in [0, 0.05) is 29.3 Å². The molecular weight excluding hydrogens is 366 g/mol. The quantitative estimate of drug-likeness (QED) is 0.335. The minimum absolute atomic E-state index is 0.740. The van der Waals surface area contributed by atoms with Crippen LogP contribution in [0.25, 0.3) is 0 Å². The third-order valence-electron chi connectivity index (χ3n) is 5.08. The van der Waals surface area contributed by atoms with Gasteiger partial charge in [0.15, 0.2) is 0 Å². The Morgan fingerprint density at radius 1 is 0.567 bits per heavy atom. The highest BCUT2D eigenvalue weighted by atomic mass is 15.3. The smallest absolute Gasteiger partial charge is 0.0487 e. The van der Waals surface area contributed by atoms with E-state index in [0.29, 0.717) is 0 Å². The molecule has 150 valence electrons. The van der Waals surface area contributed by atoms with Gasteiger partial charge in [-0.3, -0.25) is 0 Å². The summed E-state index contributed by atoms with van der Waals surface area (Å²) >= 11 is 0. The molecule has 0 fully saturated rings. The van der Waals surface area contributed by atoms with E-state index in [2.05, 4.69) is 102 Å². The number of benzene rings is 4. The second-order valence-electron chi connectivity index (χ2n) is 7.52. The Bertz CT molecular complexity index is 1010. The highest BCUT2D eigenvalue weighted by Gasteiger charge is 2.12. The predicted octanol–water partition coefficient (Wildman–Crippen LogP) is 6.89. The molecule has 0 aliphatic rings. The summed E-state index contributed by atoms with van der Waals surface area (Å²) in [5.74, 6) is 0. The van der Waals surface area contributed by atoms with Gasteiger partial charge < -0.3 is 10.3 Å². The minimum atomic E-state index is 0.740. The number of para-hydroxylation sites is 1. The van der Waals surface area contributed by atoms with Crippen LogP contribution in [-0.4, -0.2) is 0 Å². The fourth-order valence-corrected chi connectivity index (χ4v) is 3.37. The van der Waals surface area contributed by atoms with Crippen molar-refractivity contribution in [3.8, 4) is 0 Å². The lowest BCUT2D eigenvalue weighted by molar-refractivity contribution is 0.801. The minimum Gasteiger partial charge on any atom is -0.321 e. The number of hydrazine groups is 1. The summed E-state index contributed by atoms with van der Waals surface area (Å²) in [6, 6.07) is 36.2. The lowest BCUT2D eigenvalue weighted by Crippen LogP contribution is -2.20. The first-order valence-electron chi connectivity index (χ1n) is 10.3. The van der Waals surface area contributed by atoms with Crippen LogP contribution in [0.15, 0.2) is 103 Å². The molecule has 0 aliphatic heterocycles. The molecule has 0 saturated carbocycles. The van der Waals surface area contributed by atoms with Crippen LogP contribution in [0.3, 0.4) is 0 Å². The average molecular weight is 394 g/mol. The van der Waals surface area contributed by atoms with Gasteiger partial charge in [0.1, 0.15) is 0 Å². The first kappa shape index (κ1) is 19.7. The summed E-state index contributed by atoms with van der Waals surface area (Å²) in [7, 11) is 0. The highest BCUT2D eigenvalue weighted by molar-refractivity contribution is 5.76. The summed E-state index contributed by atoms with van der Waals surface area (Å²) in [4.78, 5) is 2.29. The number of nitrogens with one attached hydrogen (secondary N) is 2. The largest absolute Gasteiger partial charge is 0.321 e. The number of hydrogen-bond acceptors (Lipinski definition) is 3. The molecule has 0 saturated heterocycles. The van der Waals surface area contributed by atoms with Gasteiger partial charge in [0.05, 0.1) is 0 Å². The molecule has 0 atom stereocenters. The Balaban J connectivity index is 1.53. The van der Waals surface area contributed by atoms with Crippen molar-refractivity contribution >= 4 is 22.7 Å². The Hall–Kier alpha value is -3.56. The van der Waals surface area contributed by atoms with E-state index in [4.69, 9.17) is 0 Å². The van der Waals surface area contributed by atoms with E-state index < -0.39 is 0 Å². The van der Waals surface area contributed by atoms with Gasteiger partial charge in [-0.2, -0.15) is 0 Å². The number of rotatable bonds is 7. The van der Waals surface area contributed by atoms with Crippen LogP contribution in [0.1, 0.15) is 16.7 Å². The number of anilines is 4. The first-order chi connectivity index (χ1) is 14.7.